The van der Waals surface area contributed by atoms with E-state index in [2.05, 4.69) is 30.3 Å². The molecule has 0 bridgehead atoms. The number of ether oxygens (including phenoxy) is 1. The highest BCUT2D eigenvalue weighted by Crippen LogP contribution is 2.27. The van der Waals surface area contributed by atoms with Gasteiger partial charge in [0, 0.05) is 18.3 Å². The minimum Gasteiger partial charge on any atom is -0.444 e. The average Bonchev–Trinajstić information content (AvgIpc) is 2.47. The van der Waals surface area contributed by atoms with E-state index < -0.39 is 5.60 Å². The van der Waals surface area contributed by atoms with Crippen LogP contribution in [0.15, 0.2) is 24.3 Å². The monoisotopic (exact) mass is 294 g/mol. The SMILES string of the molecule is CC(C)(C)OC(=O)NC1CCN(S)c2ccccc2C1. The number of hydrogen-bond donors (Lipinski definition) is 2. The number of fused-ring (bicyclic) bond motifs is 1. The van der Waals surface area contributed by atoms with Gasteiger partial charge >= 0.3 is 6.09 Å². The number of rotatable bonds is 1. The molecule has 0 saturated heterocycles. The average molecular weight is 294 g/mol. The van der Waals surface area contributed by atoms with Crippen molar-refractivity contribution in [3.63, 3.8) is 0 Å². The van der Waals surface area contributed by atoms with E-state index in [9.17, 15) is 4.79 Å². The van der Waals surface area contributed by atoms with Gasteiger partial charge in [0.1, 0.15) is 5.60 Å². The number of benzene rings is 1. The van der Waals surface area contributed by atoms with Gasteiger partial charge in [-0.1, -0.05) is 31.0 Å². The van der Waals surface area contributed by atoms with Gasteiger partial charge in [-0.15, -0.1) is 0 Å². The molecular weight excluding hydrogens is 272 g/mol. The summed E-state index contributed by atoms with van der Waals surface area (Å²) in [6.07, 6.45) is 1.29. The molecule has 5 heteroatoms. The maximum absolute atomic E-state index is 11.9. The van der Waals surface area contributed by atoms with Crippen molar-refractivity contribution in [1.82, 2.24) is 5.32 Å². The lowest BCUT2D eigenvalue weighted by Gasteiger charge is -2.23. The Morgan fingerprint density at radius 1 is 1.40 bits per heavy atom. The predicted molar refractivity (Wildman–Crippen MR) is 84.3 cm³/mol. The first kappa shape index (κ1) is 15.0. The van der Waals surface area contributed by atoms with Crippen LogP contribution < -0.4 is 9.62 Å². The normalized spacial score (nSPS) is 19.0. The molecular formula is C15H22N2O2S. The topological polar surface area (TPSA) is 41.6 Å². The lowest BCUT2D eigenvalue weighted by atomic mass is 10.0. The van der Waals surface area contributed by atoms with E-state index >= 15 is 0 Å². The lowest BCUT2D eigenvalue weighted by Crippen LogP contribution is -2.40. The molecule has 1 N–H and O–H groups in total. The van der Waals surface area contributed by atoms with E-state index in [4.69, 9.17) is 4.74 Å². The molecule has 0 radical (unpaired) electrons. The summed E-state index contributed by atoms with van der Waals surface area (Å²) in [5.74, 6) is 0. The summed E-state index contributed by atoms with van der Waals surface area (Å²) in [5, 5.41) is 2.96. The molecule has 1 atom stereocenters. The van der Waals surface area contributed by atoms with Crippen LogP contribution in [0.25, 0.3) is 0 Å². The Labute approximate surface area is 126 Å². The van der Waals surface area contributed by atoms with Crippen LogP contribution in [0.2, 0.25) is 0 Å². The smallest absolute Gasteiger partial charge is 0.407 e. The van der Waals surface area contributed by atoms with Gasteiger partial charge < -0.3 is 14.4 Å². The van der Waals surface area contributed by atoms with Gasteiger partial charge in [0.05, 0.1) is 0 Å². The molecule has 1 amide bonds. The quantitative estimate of drug-likeness (QED) is 0.782. The lowest BCUT2D eigenvalue weighted by molar-refractivity contribution is 0.0503. The molecule has 0 spiro atoms. The van der Waals surface area contributed by atoms with Crippen molar-refractivity contribution in [2.24, 2.45) is 0 Å². The van der Waals surface area contributed by atoms with Crippen LogP contribution in [0.5, 0.6) is 0 Å². The second-order valence-corrected chi connectivity index (χ2v) is 6.57. The van der Waals surface area contributed by atoms with Gasteiger partial charge in [-0.05, 0) is 45.2 Å². The first-order valence-electron chi connectivity index (χ1n) is 6.89. The van der Waals surface area contributed by atoms with Crippen LogP contribution in [0.1, 0.15) is 32.8 Å². The van der Waals surface area contributed by atoms with Crippen molar-refractivity contribution in [3.8, 4) is 0 Å². The van der Waals surface area contributed by atoms with Crippen LogP contribution in [0.4, 0.5) is 10.5 Å². The van der Waals surface area contributed by atoms with Crippen molar-refractivity contribution >= 4 is 24.6 Å². The Hall–Kier alpha value is -1.36. The fourth-order valence-corrected chi connectivity index (χ4v) is 2.61. The van der Waals surface area contributed by atoms with E-state index in [0.29, 0.717) is 0 Å². The molecule has 1 unspecified atom stereocenters. The molecule has 0 aliphatic carbocycles. The van der Waals surface area contributed by atoms with Gasteiger partial charge in [0.15, 0.2) is 0 Å². The van der Waals surface area contributed by atoms with Crippen LogP contribution in [-0.4, -0.2) is 24.3 Å². The second-order valence-electron chi connectivity index (χ2n) is 6.09. The number of hydrogen-bond acceptors (Lipinski definition) is 4. The van der Waals surface area contributed by atoms with Gasteiger partial charge in [0.2, 0.25) is 0 Å². The molecule has 0 saturated carbocycles. The summed E-state index contributed by atoms with van der Waals surface area (Å²) in [6, 6.07) is 8.22. The Morgan fingerprint density at radius 3 is 2.80 bits per heavy atom. The molecule has 0 aromatic heterocycles. The molecule has 4 nitrogen and oxygen atoms in total. The zero-order valence-electron chi connectivity index (χ0n) is 12.2. The first-order chi connectivity index (χ1) is 9.35. The van der Waals surface area contributed by atoms with Crippen molar-refractivity contribution in [2.75, 3.05) is 10.8 Å². The Morgan fingerprint density at radius 2 is 2.10 bits per heavy atom. The Bertz CT molecular complexity index is 485. The number of thiol groups is 1. The summed E-state index contributed by atoms with van der Waals surface area (Å²) < 4.78 is 7.25. The van der Waals surface area contributed by atoms with Gasteiger partial charge in [-0.3, -0.25) is 0 Å². The van der Waals surface area contributed by atoms with Crippen molar-refractivity contribution < 1.29 is 9.53 Å². The Balaban J connectivity index is 2.03. The maximum atomic E-state index is 11.9. The minimum absolute atomic E-state index is 0.0724. The summed E-state index contributed by atoms with van der Waals surface area (Å²) >= 11 is 4.50. The third kappa shape index (κ3) is 4.07. The number of carbonyl (C=O) groups is 1. The molecule has 1 heterocycles. The Kier molecular flexibility index (Phi) is 4.48. The van der Waals surface area contributed by atoms with Gasteiger partial charge in [-0.2, -0.15) is 0 Å². The van der Waals surface area contributed by atoms with E-state index in [1.54, 1.807) is 0 Å². The van der Waals surface area contributed by atoms with Crippen molar-refractivity contribution in [3.05, 3.63) is 29.8 Å². The number of para-hydroxylation sites is 1. The highest BCUT2D eigenvalue weighted by atomic mass is 32.1. The molecule has 110 valence electrons. The molecule has 1 aromatic carbocycles. The van der Waals surface area contributed by atoms with Crippen molar-refractivity contribution in [2.45, 2.75) is 45.3 Å². The second kappa shape index (κ2) is 5.95. The molecule has 0 fully saturated rings. The standard InChI is InChI=1S/C15H22N2O2S/c1-15(2,3)19-14(18)16-12-8-9-17(20)13-7-5-4-6-11(13)10-12/h4-7,12,20H,8-10H2,1-3H3,(H,16,18). The van der Waals surface area contributed by atoms with Crippen LogP contribution in [0, 0.1) is 0 Å². The number of amides is 1. The summed E-state index contributed by atoms with van der Waals surface area (Å²) in [7, 11) is 0. The third-order valence-corrected chi connectivity index (χ3v) is 3.56. The van der Waals surface area contributed by atoms with Gasteiger partial charge in [-0.25, -0.2) is 4.79 Å². The minimum atomic E-state index is -0.470. The van der Waals surface area contributed by atoms with Crippen LogP contribution in [-0.2, 0) is 11.2 Å². The number of nitrogens with zero attached hydrogens (tertiary/aromatic N) is 1. The van der Waals surface area contributed by atoms with E-state index in [-0.39, 0.29) is 12.1 Å². The highest BCUT2D eigenvalue weighted by molar-refractivity contribution is 7.81. The number of alkyl carbamates (subject to hydrolysis) is 1. The first-order valence-corrected chi connectivity index (χ1v) is 7.29. The molecule has 1 aromatic rings. The number of carbonyl (C=O) groups excluding carboxylic acids is 1. The van der Waals surface area contributed by atoms with E-state index in [1.165, 1.54) is 5.56 Å². The molecule has 2 rings (SSSR count). The van der Waals surface area contributed by atoms with E-state index in [1.807, 2.05) is 37.2 Å². The third-order valence-electron chi connectivity index (χ3n) is 3.15. The van der Waals surface area contributed by atoms with Crippen molar-refractivity contribution in [1.29, 1.82) is 0 Å². The zero-order valence-corrected chi connectivity index (χ0v) is 13.1. The fraction of sp³-hybridized carbons (Fsp3) is 0.533. The fourth-order valence-electron chi connectivity index (χ4n) is 2.30. The molecule has 20 heavy (non-hydrogen) atoms. The van der Waals surface area contributed by atoms with Crippen LogP contribution in [0.3, 0.4) is 0 Å². The zero-order chi connectivity index (χ0) is 14.8. The maximum Gasteiger partial charge on any atom is 0.407 e. The predicted octanol–water partition coefficient (Wildman–Crippen LogP) is 3.18. The molecule has 1 aliphatic heterocycles. The number of anilines is 1. The largest absolute Gasteiger partial charge is 0.444 e. The van der Waals surface area contributed by atoms with Crippen LogP contribution >= 0.6 is 12.8 Å². The summed E-state index contributed by atoms with van der Waals surface area (Å²) in [5.41, 5.74) is 1.84. The highest BCUT2D eigenvalue weighted by Gasteiger charge is 2.23. The number of nitrogens with one attached hydrogen (secondary N) is 1. The summed E-state index contributed by atoms with van der Waals surface area (Å²) in [4.78, 5) is 11.9. The van der Waals surface area contributed by atoms with Gasteiger partial charge in [0.25, 0.3) is 0 Å². The summed E-state index contributed by atoms with van der Waals surface area (Å²) in [6.45, 7) is 6.39. The van der Waals surface area contributed by atoms with E-state index in [0.717, 1.165) is 25.1 Å². The molecule has 1 aliphatic rings.